The first-order valence-corrected chi connectivity index (χ1v) is 12.3. The highest BCUT2D eigenvalue weighted by Crippen LogP contribution is 2.35. The summed E-state index contributed by atoms with van der Waals surface area (Å²) in [4.78, 5) is 16.2. The summed E-state index contributed by atoms with van der Waals surface area (Å²) >= 11 is 0. The highest BCUT2D eigenvalue weighted by Gasteiger charge is 2.32. The monoisotopic (exact) mass is 546 g/mol. The van der Waals surface area contributed by atoms with E-state index in [1.807, 2.05) is 30.3 Å². The molecule has 2 atom stereocenters. The number of alkyl halides is 4. The van der Waals surface area contributed by atoms with Gasteiger partial charge in [0, 0.05) is 17.6 Å². The van der Waals surface area contributed by atoms with Crippen LogP contribution < -0.4 is 16.0 Å². The minimum Gasteiger partial charge on any atom is -0.445 e. The van der Waals surface area contributed by atoms with Crippen molar-refractivity contribution in [1.82, 2.24) is 25.3 Å². The van der Waals surface area contributed by atoms with Gasteiger partial charge in [0.2, 0.25) is 0 Å². The lowest BCUT2D eigenvalue weighted by Crippen LogP contribution is -2.45. The van der Waals surface area contributed by atoms with E-state index in [1.54, 1.807) is 18.2 Å². The third-order valence-corrected chi connectivity index (χ3v) is 6.32. The van der Waals surface area contributed by atoms with Crippen LogP contribution >= 0.6 is 0 Å². The molecule has 1 amide bonds. The first-order chi connectivity index (χ1) is 18.8. The van der Waals surface area contributed by atoms with Gasteiger partial charge in [0.05, 0.1) is 18.1 Å². The highest BCUT2D eigenvalue weighted by atomic mass is 19.4. The number of fused-ring (bicyclic) bond motifs is 1. The maximum Gasteiger partial charge on any atom is 0.407 e. The maximum absolute atomic E-state index is 14.4. The minimum absolute atomic E-state index is 0.0455. The summed E-state index contributed by atoms with van der Waals surface area (Å²) in [5.74, 6) is -0.0973. The van der Waals surface area contributed by atoms with E-state index < -0.39 is 31.0 Å². The van der Waals surface area contributed by atoms with E-state index in [4.69, 9.17) is 9.26 Å². The Balaban J connectivity index is 1.35. The summed E-state index contributed by atoms with van der Waals surface area (Å²) < 4.78 is 66.5. The molecular formula is C26H26F4N6O3. The molecule has 5 rings (SSSR count). The Bertz CT molecular complexity index is 1420. The van der Waals surface area contributed by atoms with Crippen LogP contribution in [0, 0.1) is 0 Å². The number of alkyl carbamates (subject to hydrolysis) is 1. The molecule has 0 bridgehead atoms. The van der Waals surface area contributed by atoms with Crippen LogP contribution in [-0.4, -0.2) is 52.3 Å². The minimum atomic E-state index is -4.53. The van der Waals surface area contributed by atoms with Crippen molar-refractivity contribution in [2.75, 3.05) is 18.4 Å². The van der Waals surface area contributed by atoms with E-state index in [1.165, 1.54) is 6.07 Å². The average molecular weight is 547 g/mol. The molecule has 0 radical (unpaired) electrons. The second-order valence-electron chi connectivity index (χ2n) is 9.16. The van der Waals surface area contributed by atoms with Crippen LogP contribution in [0.2, 0.25) is 0 Å². The molecule has 1 aliphatic heterocycles. The lowest BCUT2D eigenvalue weighted by Gasteiger charge is -2.28. The van der Waals surface area contributed by atoms with Crippen molar-refractivity contribution in [3.8, 4) is 11.6 Å². The molecule has 4 aromatic rings. The van der Waals surface area contributed by atoms with Gasteiger partial charge in [-0.15, -0.1) is 0 Å². The molecule has 39 heavy (non-hydrogen) atoms. The molecular weight excluding hydrogens is 520 g/mol. The maximum atomic E-state index is 14.4. The van der Waals surface area contributed by atoms with E-state index >= 15 is 0 Å². The van der Waals surface area contributed by atoms with Gasteiger partial charge in [0.1, 0.15) is 25.0 Å². The number of benzene rings is 2. The van der Waals surface area contributed by atoms with Gasteiger partial charge in [-0.1, -0.05) is 41.6 Å². The van der Waals surface area contributed by atoms with E-state index in [0.717, 1.165) is 10.1 Å². The predicted molar refractivity (Wildman–Crippen MR) is 135 cm³/mol. The van der Waals surface area contributed by atoms with Crippen molar-refractivity contribution in [3.63, 3.8) is 0 Å². The van der Waals surface area contributed by atoms with Crippen molar-refractivity contribution in [1.29, 1.82) is 0 Å². The SMILES string of the molecule is O=C(NCc1noc(-c2cc3c(N[C@@H]4CCNC[C@@H]4F)cccc3n2CC(F)(F)F)n1)OCc1ccccc1. The van der Waals surface area contributed by atoms with Gasteiger partial charge in [0.15, 0.2) is 5.82 Å². The van der Waals surface area contributed by atoms with Gasteiger partial charge in [0.25, 0.3) is 5.89 Å². The van der Waals surface area contributed by atoms with Crippen molar-refractivity contribution in [3.05, 3.63) is 66.0 Å². The summed E-state index contributed by atoms with van der Waals surface area (Å²) in [5, 5.41) is 12.9. The van der Waals surface area contributed by atoms with Gasteiger partial charge in [-0.3, -0.25) is 0 Å². The van der Waals surface area contributed by atoms with Crippen molar-refractivity contribution >= 4 is 22.7 Å². The molecule has 0 spiro atoms. The fourth-order valence-electron chi connectivity index (χ4n) is 4.48. The Kier molecular flexibility index (Phi) is 7.68. The van der Waals surface area contributed by atoms with Crippen LogP contribution in [0.3, 0.4) is 0 Å². The number of rotatable bonds is 8. The van der Waals surface area contributed by atoms with E-state index in [-0.39, 0.29) is 42.6 Å². The van der Waals surface area contributed by atoms with Crippen molar-refractivity contribution < 1.29 is 31.6 Å². The summed E-state index contributed by atoms with van der Waals surface area (Å²) in [7, 11) is 0. The average Bonchev–Trinajstić information content (AvgIpc) is 3.53. The summed E-state index contributed by atoms with van der Waals surface area (Å²) in [6, 6.07) is 15.0. The van der Waals surface area contributed by atoms with Crippen LogP contribution in [0.5, 0.6) is 0 Å². The number of hydrogen-bond donors (Lipinski definition) is 3. The number of carbonyl (C=O) groups excluding carboxylic acids is 1. The van der Waals surface area contributed by atoms with Gasteiger partial charge < -0.3 is 29.8 Å². The number of anilines is 1. The zero-order valence-electron chi connectivity index (χ0n) is 20.7. The van der Waals surface area contributed by atoms with Gasteiger partial charge >= 0.3 is 12.3 Å². The van der Waals surface area contributed by atoms with Crippen LogP contribution in [-0.2, 0) is 24.4 Å². The third-order valence-electron chi connectivity index (χ3n) is 6.32. The molecule has 13 heteroatoms. The number of ether oxygens (including phenoxy) is 1. The molecule has 9 nitrogen and oxygen atoms in total. The molecule has 2 aromatic heterocycles. The highest BCUT2D eigenvalue weighted by molar-refractivity contribution is 5.96. The van der Waals surface area contributed by atoms with Gasteiger partial charge in [-0.05, 0) is 36.7 Å². The Morgan fingerprint density at radius 1 is 1.18 bits per heavy atom. The summed E-state index contributed by atoms with van der Waals surface area (Å²) in [6.07, 6.45) is -5.86. The largest absolute Gasteiger partial charge is 0.445 e. The number of halogens is 4. The van der Waals surface area contributed by atoms with Crippen LogP contribution in [0.1, 0.15) is 17.8 Å². The second-order valence-corrected chi connectivity index (χ2v) is 9.16. The Labute approximate surface area is 220 Å². The first-order valence-electron chi connectivity index (χ1n) is 12.3. The van der Waals surface area contributed by atoms with Crippen molar-refractivity contribution in [2.45, 2.75) is 44.5 Å². The molecule has 0 unspecified atom stereocenters. The molecule has 0 saturated carbocycles. The topological polar surface area (TPSA) is 106 Å². The van der Waals surface area contributed by atoms with Crippen LogP contribution in [0.15, 0.2) is 59.1 Å². The fraction of sp³-hybridized carbons (Fsp3) is 0.346. The molecule has 3 N–H and O–H groups in total. The number of nitrogens with one attached hydrogen (secondary N) is 3. The Hall–Kier alpha value is -4.13. The number of aromatic nitrogens is 3. The quantitative estimate of drug-likeness (QED) is 0.273. The van der Waals surface area contributed by atoms with Crippen LogP contribution in [0.4, 0.5) is 28.0 Å². The van der Waals surface area contributed by atoms with Crippen LogP contribution in [0.25, 0.3) is 22.5 Å². The lowest BCUT2D eigenvalue weighted by molar-refractivity contribution is -0.139. The number of hydrogen-bond acceptors (Lipinski definition) is 7. The molecule has 2 aromatic carbocycles. The lowest BCUT2D eigenvalue weighted by atomic mass is 10.0. The van der Waals surface area contributed by atoms with E-state index in [2.05, 4.69) is 26.1 Å². The molecule has 0 aliphatic carbocycles. The molecule has 1 fully saturated rings. The first kappa shape index (κ1) is 26.5. The Morgan fingerprint density at radius 2 is 2.00 bits per heavy atom. The summed E-state index contributed by atoms with van der Waals surface area (Å²) in [6.45, 7) is -0.550. The van der Waals surface area contributed by atoms with E-state index in [0.29, 0.717) is 24.0 Å². The molecule has 206 valence electrons. The summed E-state index contributed by atoms with van der Waals surface area (Å²) in [5.41, 5.74) is 1.64. The second kappa shape index (κ2) is 11.3. The van der Waals surface area contributed by atoms with Crippen molar-refractivity contribution in [2.24, 2.45) is 0 Å². The number of nitrogens with zero attached hydrogens (tertiary/aromatic N) is 3. The molecule has 3 heterocycles. The zero-order valence-corrected chi connectivity index (χ0v) is 20.7. The molecule has 1 saturated heterocycles. The standard InChI is InChI=1S/C26H26F4N6O3/c27-18-12-31-10-9-20(18)33-19-7-4-8-21-17(19)11-22(36(21)15-26(28,29)30)24-34-23(35-39-24)13-32-25(37)38-14-16-5-2-1-3-6-16/h1-8,11,18,20,31,33H,9-10,12-15H2,(H,32,37)/t18-,20+/m0/s1. The van der Waals surface area contributed by atoms with Gasteiger partial charge in [-0.2, -0.15) is 18.2 Å². The third kappa shape index (κ3) is 6.48. The van der Waals surface area contributed by atoms with E-state index in [9.17, 15) is 22.4 Å². The Morgan fingerprint density at radius 3 is 2.77 bits per heavy atom. The normalized spacial score (nSPS) is 17.7. The number of amides is 1. The number of carbonyl (C=O) groups is 1. The predicted octanol–water partition coefficient (Wildman–Crippen LogP) is 4.79. The van der Waals surface area contributed by atoms with Gasteiger partial charge in [-0.25, -0.2) is 9.18 Å². The smallest absolute Gasteiger partial charge is 0.407 e. The zero-order chi connectivity index (χ0) is 27.4. The fourth-order valence-corrected chi connectivity index (χ4v) is 4.48. The number of piperidine rings is 1. The molecule has 1 aliphatic rings.